The second-order valence-corrected chi connectivity index (χ2v) is 5.13. The second kappa shape index (κ2) is 7.44. The highest BCUT2D eigenvalue weighted by Gasteiger charge is 1.96. The van der Waals surface area contributed by atoms with Crippen LogP contribution in [0.2, 0.25) is 0 Å². The standard InChI is InChI=1S/C13H24N2S/c1-9(2)14-11(5)7-13(16)8-12(6)15-10(3)4/h7-10,14-15H,1-6H3/b11-7+,12-8+. The minimum atomic E-state index is 0.443. The summed E-state index contributed by atoms with van der Waals surface area (Å²) < 4.78 is 0. The molecular weight excluding hydrogens is 216 g/mol. The molecule has 0 unspecified atom stereocenters. The summed E-state index contributed by atoms with van der Waals surface area (Å²) in [7, 11) is 0. The van der Waals surface area contributed by atoms with Gasteiger partial charge in [0.15, 0.2) is 0 Å². The summed E-state index contributed by atoms with van der Waals surface area (Å²) in [5.74, 6) is 0. The van der Waals surface area contributed by atoms with E-state index in [1.165, 1.54) is 0 Å². The van der Waals surface area contributed by atoms with Crippen LogP contribution in [0.25, 0.3) is 0 Å². The summed E-state index contributed by atoms with van der Waals surface area (Å²) in [6, 6.07) is 0.885. The van der Waals surface area contributed by atoms with Gasteiger partial charge in [-0.05, 0) is 53.7 Å². The molecule has 0 saturated heterocycles. The molecule has 92 valence electrons. The Morgan fingerprint density at radius 1 is 0.875 bits per heavy atom. The van der Waals surface area contributed by atoms with Crippen LogP contribution in [0.3, 0.4) is 0 Å². The van der Waals surface area contributed by atoms with Crippen molar-refractivity contribution in [2.75, 3.05) is 0 Å². The molecule has 0 amide bonds. The van der Waals surface area contributed by atoms with Gasteiger partial charge in [-0.3, -0.25) is 0 Å². The Morgan fingerprint density at radius 2 is 1.19 bits per heavy atom. The molecule has 0 aliphatic carbocycles. The summed E-state index contributed by atoms with van der Waals surface area (Å²) in [5.41, 5.74) is 2.21. The van der Waals surface area contributed by atoms with E-state index in [1.807, 2.05) is 26.0 Å². The molecule has 2 N–H and O–H groups in total. The SMILES string of the molecule is C/C(=C\C(=S)/C=C(\C)NC(C)C)NC(C)C. The fourth-order valence-corrected chi connectivity index (χ4v) is 1.82. The van der Waals surface area contributed by atoms with Gasteiger partial charge in [0.1, 0.15) is 0 Å². The zero-order valence-corrected chi connectivity index (χ0v) is 12.0. The number of rotatable bonds is 6. The van der Waals surface area contributed by atoms with Gasteiger partial charge in [0.25, 0.3) is 0 Å². The van der Waals surface area contributed by atoms with Gasteiger partial charge in [-0.1, -0.05) is 12.2 Å². The van der Waals surface area contributed by atoms with Crippen molar-refractivity contribution in [3.8, 4) is 0 Å². The van der Waals surface area contributed by atoms with Gasteiger partial charge in [-0.25, -0.2) is 0 Å². The lowest BCUT2D eigenvalue weighted by atomic mass is 10.2. The second-order valence-electron chi connectivity index (χ2n) is 4.66. The summed E-state index contributed by atoms with van der Waals surface area (Å²) >= 11 is 5.28. The zero-order valence-electron chi connectivity index (χ0n) is 11.2. The first-order valence-corrected chi connectivity index (χ1v) is 6.15. The maximum Gasteiger partial charge on any atom is 0.0411 e. The van der Waals surface area contributed by atoms with E-state index in [4.69, 9.17) is 12.2 Å². The Labute approximate surface area is 105 Å². The minimum Gasteiger partial charge on any atom is -0.386 e. The van der Waals surface area contributed by atoms with Crippen LogP contribution in [0.1, 0.15) is 41.5 Å². The minimum absolute atomic E-state index is 0.443. The van der Waals surface area contributed by atoms with E-state index in [2.05, 4.69) is 38.3 Å². The molecule has 0 rings (SSSR count). The molecule has 0 aliphatic rings. The van der Waals surface area contributed by atoms with Crippen LogP contribution in [-0.4, -0.2) is 16.9 Å². The van der Waals surface area contributed by atoms with Crippen molar-refractivity contribution in [2.24, 2.45) is 0 Å². The predicted octanol–water partition coefficient (Wildman–Crippen LogP) is 3.16. The van der Waals surface area contributed by atoms with E-state index in [-0.39, 0.29) is 0 Å². The number of thiocarbonyl (C=S) groups is 1. The van der Waals surface area contributed by atoms with Crippen molar-refractivity contribution in [1.82, 2.24) is 10.6 Å². The summed E-state index contributed by atoms with van der Waals surface area (Å²) in [6.07, 6.45) is 3.97. The third-order valence-corrected chi connectivity index (χ3v) is 1.99. The highest BCUT2D eigenvalue weighted by atomic mass is 32.1. The van der Waals surface area contributed by atoms with Gasteiger partial charge in [0.2, 0.25) is 0 Å². The summed E-state index contributed by atoms with van der Waals surface area (Å²) in [4.78, 5) is 0.844. The molecule has 16 heavy (non-hydrogen) atoms. The molecule has 0 aromatic heterocycles. The number of hydrogen-bond acceptors (Lipinski definition) is 3. The van der Waals surface area contributed by atoms with Gasteiger partial charge in [-0.15, -0.1) is 0 Å². The molecule has 0 saturated carbocycles. The number of allylic oxidation sites excluding steroid dienone is 4. The largest absolute Gasteiger partial charge is 0.386 e. The van der Waals surface area contributed by atoms with E-state index >= 15 is 0 Å². The smallest absolute Gasteiger partial charge is 0.0411 e. The average Bonchev–Trinajstić information content (AvgIpc) is 1.97. The fraction of sp³-hybridized carbons (Fsp3) is 0.615. The van der Waals surface area contributed by atoms with E-state index in [0.29, 0.717) is 12.1 Å². The lowest BCUT2D eigenvalue weighted by molar-refractivity contribution is 0.669. The first-order valence-electron chi connectivity index (χ1n) is 5.75. The lowest BCUT2D eigenvalue weighted by Crippen LogP contribution is -2.22. The van der Waals surface area contributed by atoms with Crippen LogP contribution in [-0.2, 0) is 0 Å². The zero-order chi connectivity index (χ0) is 12.7. The van der Waals surface area contributed by atoms with E-state index in [1.54, 1.807) is 0 Å². The third-order valence-electron chi connectivity index (χ3n) is 1.75. The fourth-order valence-electron chi connectivity index (χ4n) is 1.46. The van der Waals surface area contributed by atoms with Crippen molar-refractivity contribution in [2.45, 2.75) is 53.6 Å². The maximum absolute atomic E-state index is 5.28. The van der Waals surface area contributed by atoms with Crippen molar-refractivity contribution >= 4 is 17.1 Å². The molecule has 0 aromatic carbocycles. The monoisotopic (exact) mass is 240 g/mol. The van der Waals surface area contributed by atoms with Crippen molar-refractivity contribution < 1.29 is 0 Å². The van der Waals surface area contributed by atoms with Crippen LogP contribution in [0.4, 0.5) is 0 Å². The predicted molar refractivity (Wildman–Crippen MR) is 76.7 cm³/mol. The lowest BCUT2D eigenvalue weighted by Gasteiger charge is -2.11. The molecule has 0 atom stereocenters. The van der Waals surface area contributed by atoms with Crippen LogP contribution in [0.5, 0.6) is 0 Å². The van der Waals surface area contributed by atoms with Gasteiger partial charge in [0.05, 0.1) is 0 Å². The highest BCUT2D eigenvalue weighted by Crippen LogP contribution is 1.97. The molecule has 0 spiro atoms. The summed E-state index contributed by atoms with van der Waals surface area (Å²) in [5, 5.41) is 6.62. The number of hydrogen-bond donors (Lipinski definition) is 2. The van der Waals surface area contributed by atoms with Crippen molar-refractivity contribution in [1.29, 1.82) is 0 Å². The van der Waals surface area contributed by atoms with Crippen LogP contribution >= 0.6 is 12.2 Å². The molecular formula is C13H24N2S. The van der Waals surface area contributed by atoms with Crippen molar-refractivity contribution in [3.63, 3.8) is 0 Å². The molecule has 0 heterocycles. The van der Waals surface area contributed by atoms with E-state index < -0.39 is 0 Å². The normalized spacial score (nSPS) is 13.2. The maximum atomic E-state index is 5.28. The molecule has 2 nitrogen and oxygen atoms in total. The Balaban J connectivity index is 4.36. The van der Waals surface area contributed by atoms with Gasteiger partial charge < -0.3 is 10.6 Å². The van der Waals surface area contributed by atoms with Crippen LogP contribution in [0, 0.1) is 0 Å². The Hall–Kier alpha value is -0.830. The first kappa shape index (κ1) is 15.2. The summed E-state index contributed by atoms with van der Waals surface area (Å²) in [6.45, 7) is 12.5. The Morgan fingerprint density at radius 3 is 1.44 bits per heavy atom. The molecule has 0 fully saturated rings. The Bertz CT molecular complexity index is 260. The highest BCUT2D eigenvalue weighted by molar-refractivity contribution is 7.81. The van der Waals surface area contributed by atoms with Gasteiger partial charge in [0, 0.05) is 28.3 Å². The topological polar surface area (TPSA) is 24.1 Å². The van der Waals surface area contributed by atoms with E-state index in [0.717, 1.165) is 16.3 Å². The molecule has 0 bridgehead atoms. The van der Waals surface area contributed by atoms with Crippen molar-refractivity contribution in [3.05, 3.63) is 23.5 Å². The Kier molecular flexibility index (Phi) is 7.06. The van der Waals surface area contributed by atoms with Crippen LogP contribution < -0.4 is 10.6 Å². The third kappa shape index (κ3) is 8.48. The van der Waals surface area contributed by atoms with Gasteiger partial charge in [-0.2, -0.15) is 0 Å². The molecule has 0 aromatic rings. The average molecular weight is 240 g/mol. The van der Waals surface area contributed by atoms with Gasteiger partial charge >= 0.3 is 0 Å². The molecule has 0 aliphatic heterocycles. The first-order chi connectivity index (χ1) is 7.31. The molecule has 3 heteroatoms. The molecule has 0 radical (unpaired) electrons. The van der Waals surface area contributed by atoms with Crippen LogP contribution in [0.15, 0.2) is 23.5 Å². The number of nitrogens with one attached hydrogen (secondary N) is 2. The quantitative estimate of drug-likeness (QED) is 0.551. The van der Waals surface area contributed by atoms with E-state index in [9.17, 15) is 0 Å².